The predicted octanol–water partition coefficient (Wildman–Crippen LogP) is 2.34. The summed E-state index contributed by atoms with van der Waals surface area (Å²) in [4.78, 5) is 41.6. The number of carbonyl (C=O) groups is 3. The Kier molecular flexibility index (Phi) is 10.0. The highest BCUT2D eigenvalue weighted by molar-refractivity contribution is 6.32. The van der Waals surface area contributed by atoms with Crippen molar-refractivity contribution in [1.82, 2.24) is 35.8 Å². The maximum atomic E-state index is 13.3. The standard InChI is InChI=1S/C30H36ClN7O4/c31-24-18-22-10-11-27(24)42-16-6-15-38-20-23(35-36-38)19-37(30(41)25-9-4-12-32-25)14-5-13-33-29(40)26(34-28(22)39)17-21-7-2-1-3-8-21/h1-3,7-8,10-11,18,20,25-26,32H,4-6,9,12-17,19H2,(H,33,40)(H,34,39)/t25-,26+/m1/s1. The zero-order valence-corrected chi connectivity index (χ0v) is 24.2. The third kappa shape index (κ3) is 7.86. The Morgan fingerprint density at radius 3 is 2.69 bits per heavy atom. The van der Waals surface area contributed by atoms with Gasteiger partial charge in [-0.25, -0.2) is 0 Å². The molecule has 0 spiro atoms. The second-order valence-electron chi connectivity index (χ2n) is 10.6. The molecule has 3 aromatic rings. The number of hydrogen-bond acceptors (Lipinski definition) is 7. The van der Waals surface area contributed by atoms with Crippen LogP contribution in [0.2, 0.25) is 5.02 Å². The van der Waals surface area contributed by atoms with Gasteiger partial charge in [0.25, 0.3) is 5.91 Å². The van der Waals surface area contributed by atoms with E-state index in [9.17, 15) is 14.4 Å². The van der Waals surface area contributed by atoms with Crippen LogP contribution in [0.25, 0.3) is 0 Å². The van der Waals surface area contributed by atoms with Gasteiger partial charge in [0.15, 0.2) is 0 Å². The van der Waals surface area contributed by atoms with E-state index in [1.54, 1.807) is 27.8 Å². The van der Waals surface area contributed by atoms with Crippen molar-refractivity contribution in [3.8, 4) is 5.75 Å². The third-order valence-corrected chi connectivity index (χ3v) is 7.70. The Morgan fingerprint density at radius 1 is 1.05 bits per heavy atom. The number of fused-ring (bicyclic) bond motifs is 14. The smallest absolute Gasteiger partial charge is 0.251 e. The second-order valence-corrected chi connectivity index (χ2v) is 11.0. The number of aryl methyl sites for hydroxylation is 1. The van der Waals surface area contributed by atoms with E-state index in [-0.39, 0.29) is 17.9 Å². The molecule has 6 rings (SSSR count). The molecular weight excluding hydrogens is 558 g/mol. The van der Waals surface area contributed by atoms with Gasteiger partial charge in [-0.15, -0.1) is 5.10 Å². The molecule has 4 heterocycles. The van der Waals surface area contributed by atoms with Crippen LogP contribution in [0.3, 0.4) is 0 Å². The van der Waals surface area contributed by atoms with Gasteiger partial charge in [0.1, 0.15) is 17.5 Å². The van der Waals surface area contributed by atoms with E-state index in [0.717, 1.165) is 24.9 Å². The van der Waals surface area contributed by atoms with E-state index < -0.39 is 11.9 Å². The van der Waals surface area contributed by atoms with Gasteiger partial charge in [-0.1, -0.05) is 47.1 Å². The van der Waals surface area contributed by atoms with E-state index in [4.69, 9.17) is 16.3 Å². The highest BCUT2D eigenvalue weighted by atomic mass is 35.5. The molecular formula is C30H36ClN7O4. The van der Waals surface area contributed by atoms with Crippen molar-refractivity contribution < 1.29 is 19.1 Å². The summed E-state index contributed by atoms with van der Waals surface area (Å²) in [6, 6.07) is 13.3. The lowest BCUT2D eigenvalue weighted by molar-refractivity contribution is -0.133. The number of amides is 3. The molecule has 0 aliphatic carbocycles. The molecule has 11 nitrogen and oxygen atoms in total. The van der Waals surface area contributed by atoms with E-state index in [1.165, 1.54) is 0 Å². The molecule has 3 aliphatic heterocycles. The quantitative estimate of drug-likeness (QED) is 0.425. The molecule has 0 radical (unpaired) electrons. The largest absolute Gasteiger partial charge is 0.492 e. The van der Waals surface area contributed by atoms with Crippen molar-refractivity contribution in [2.45, 2.75) is 57.3 Å². The monoisotopic (exact) mass is 593 g/mol. The van der Waals surface area contributed by atoms with Crippen molar-refractivity contribution in [3.05, 3.63) is 76.6 Å². The zero-order chi connectivity index (χ0) is 29.3. The lowest BCUT2D eigenvalue weighted by atomic mass is 10.0. The van der Waals surface area contributed by atoms with E-state index in [0.29, 0.717) is 74.1 Å². The number of benzene rings is 2. The highest BCUT2D eigenvalue weighted by Gasteiger charge is 2.28. The van der Waals surface area contributed by atoms with Gasteiger partial charge in [-0.05, 0) is 49.6 Å². The summed E-state index contributed by atoms with van der Waals surface area (Å²) in [5, 5.41) is 17.9. The minimum Gasteiger partial charge on any atom is -0.492 e. The summed E-state index contributed by atoms with van der Waals surface area (Å²) in [5.41, 5.74) is 1.94. The molecule has 2 atom stereocenters. The normalized spacial score (nSPS) is 20.7. The van der Waals surface area contributed by atoms with Crippen LogP contribution in [-0.4, -0.2) is 75.9 Å². The van der Waals surface area contributed by atoms with E-state index >= 15 is 0 Å². The van der Waals surface area contributed by atoms with Crippen molar-refractivity contribution in [3.63, 3.8) is 0 Å². The number of nitrogens with zero attached hydrogens (tertiary/aromatic N) is 4. The summed E-state index contributed by atoms with van der Waals surface area (Å²) in [5.74, 6) is -0.224. The fraction of sp³-hybridized carbons (Fsp3) is 0.433. The lowest BCUT2D eigenvalue weighted by Gasteiger charge is -2.25. The first-order valence-corrected chi connectivity index (χ1v) is 14.8. The Bertz CT molecular complexity index is 1380. The van der Waals surface area contributed by atoms with Crippen molar-refractivity contribution in [2.75, 3.05) is 26.2 Å². The molecule has 0 unspecified atom stereocenters. The summed E-state index contributed by atoms with van der Waals surface area (Å²) in [7, 11) is 0. The SMILES string of the molecule is O=C1N[C@@H](Cc2ccccc2)C(=O)NCCCN(C(=O)[C@H]2CCCN2)Cc2cn(nn2)CCCOc2ccc1cc2Cl. The second kappa shape index (κ2) is 14.3. The maximum Gasteiger partial charge on any atom is 0.251 e. The summed E-state index contributed by atoms with van der Waals surface area (Å²) >= 11 is 6.43. The maximum absolute atomic E-state index is 13.3. The van der Waals surface area contributed by atoms with Crippen LogP contribution in [0.1, 0.15) is 47.3 Å². The number of halogens is 1. The minimum atomic E-state index is -0.806. The molecule has 1 saturated heterocycles. The van der Waals surface area contributed by atoms with Crippen molar-refractivity contribution >= 4 is 29.3 Å². The minimum absolute atomic E-state index is 0.0239. The number of ether oxygens (including phenoxy) is 1. The van der Waals surface area contributed by atoms with Gasteiger partial charge >= 0.3 is 0 Å². The molecule has 4 bridgehead atoms. The fourth-order valence-corrected chi connectivity index (χ4v) is 5.41. The van der Waals surface area contributed by atoms with Gasteiger partial charge in [0, 0.05) is 38.0 Å². The Labute approximate surface area is 249 Å². The average Bonchev–Trinajstić information content (AvgIpc) is 3.69. The van der Waals surface area contributed by atoms with Crippen LogP contribution in [0, 0.1) is 0 Å². The summed E-state index contributed by atoms with van der Waals surface area (Å²) in [6.45, 7) is 2.90. The molecule has 3 N–H and O–H groups in total. The first kappa shape index (κ1) is 29.5. The molecule has 0 saturated carbocycles. The average molecular weight is 594 g/mol. The number of hydrogen-bond donors (Lipinski definition) is 3. The van der Waals surface area contributed by atoms with Crippen molar-refractivity contribution in [1.29, 1.82) is 0 Å². The van der Waals surface area contributed by atoms with E-state index in [2.05, 4.69) is 26.3 Å². The Balaban J connectivity index is 1.34. The van der Waals surface area contributed by atoms with Crippen molar-refractivity contribution in [2.24, 2.45) is 0 Å². The number of rotatable bonds is 3. The van der Waals surface area contributed by atoms with Crippen LogP contribution in [-0.2, 0) is 29.1 Å². The van der Waals surface area contributed by atoms with Gasteiger partial charge in [0.05, 0.1) is 30.4 Å². The molecule has 1 fully saturated rings. The molecule has 1 aromatic heterocycles. The van der Waals surface area contributed by atoms with Gasteiger partial charge in [-0.3, -0.25) is 19.1 Å². The summed E-state index contributed by atoms with van der Waals surface area (Å²) < 4.78 is 7.58. The molecule has 3 amide bonds. The molecule has 222 valence electrons. The first-order chi connectivity index (χ1) is 20.5. The fourth-order valence-electron chi connectivity index (χ4n) is 5.17. The van der Waals surface area contributed by atoms with Crippen LogP contribution in [0.4, 0.5) is 0 Å². The van der Waals surface area contributed by atoms with Crippen LogP contribution in [0.15, 0.2) is 54.7 Å². The lowest BCUT2D eigenvalue weighted by Crippen LogP contribution is -2.49. The molecule has 2 aromatic carbocycles. The Morgan fingerprint density at radius 2 is 1.90 bits per heavy atom. The van der Waals surface area contributed by atoms with Crippen LogP contribution in [0.5, 0.6) is 5.75 Å². The number of carbonyl (C=O) groups excluding carboxylic acids is 3. The van der Waals surface area contributed by atoms with E-state index in [1.807, 2.05) is 36.5 Å². The first-order valence-electron chi connectivity index (χ1n) is 14.4. The number of aromatic nitrogens is 3. The Hall–Kier alpha value is -3.96. The van der Waals surface area contributed by atoms with Gasteiger partial charge in [-0.2, -0.15) is 0 Å². The number of nitrogens with one attached hydrogen (secondary N) is 3. The predicted molar refractivity (Wildman–Crippen MR) is 157 cm³/mol. The third-order valence-electron chi connectivity index (χ3n) is 7.40. The highest BCUT2D eigenvalue weighted by Crippen LogP contribution is 2.26. The van der Waals surface area contributed by atoms with Crippen LogP contribution < -0.4 is 20.7 Å². The summed E-state index contributed by atoms with van der Waals surface area (Å²) in [6.07, 6.45) is 5.12. The van der Waals surface area contributed by atoms with Crippen LogP contribution >= 0.6 is 11.6 Å². The molecule has 3 aliphatic rings. The molecule has 12 heteroatoms. The topological polar surface area (TPSA) is 130 Å². The van der Waals surface area contributed by atoms with Gasteiger partial charge < -0.3 is 25.6 Å². The zero-order valence-electron chi connectivity index (χ0n) is 23.4. The molecule has 42 heavy (non-hydrogen) atoms. The van der Waals surface area contributed by atoms with Gasteiger partial charge in [0.2, 0.25) is 11.8 Å².